The van der Waals surface area contributed by atoms with Crippen molar-refractivity contribution in [1.29, 1.82) is 0 Å². The first-order valence-electron chi connectivity index (χ1n) is 6.37. The van der Waals surface area contributed by atoms with Crippen LogP contribution in [0, 0.1) is 0 Å². The third kappa shape index (κ3) is 3.67. The Kier molecular flexibility index (Phi) is 5.21. The van der Waals surface area contributed by atoms with Gasteiger partial charge in [-0.05, 0) is 31.2 Å². The van der Waals surface area contributed by atoms with Crippen LogP contribution in [0.4, 0.5) is 0 Å². The summed E-state index contributed by atoms with van der Waals surface area (Å²) in [5.74, 6) is -0.793. The summed E-state index contributed by atoms with van der Waals surface area (Å²) in [7, 11) is 1.28. The monoisotopic (exact) mass is 368 g/mol. The number of furan rings is 1. The molecule has 0 radical (unpaired) electrons. The highest BCUT2D eigenvalue weighted by atomic mass is 79.9. The number of ether oxygens (including phenoxy) is 3. The first-order valence-corrected chi connectivity index (χ1v) is 7.17. The van der Waals surface area contributed by atoms with Gasteiger partial charge in [-0.25, -0.2) is 9.59 Å². The smallest absolute Gasteiger partial charge is 0.374 e. The SMILES string of the molecule is CCOC(=O)c1ccc(Oc2ccc(Br)cc2C(=O)OC)o1. The van der Waals surface area contributed by atoms with Crippen molar-refractivity contribution < 1.29 is 28.2 Å². The average molecular weight is 369 g/mol. The van der Waals surface area contributed by atoms with E-state index in [4.69, 9.17) is 18.6 Å². The number of carbonyl (C=O) groups is 2. The van der Waals surface area contributed by atoms with Crippen LogP contribution >= 0.6 is 15.9 Å². The molecule has 1 heterocycles. The van der Waals surface area contributed by atoms with Crippen LogP contribution in [0.3, 0.4) is 0 Å². The van der Waals surface area contributed by atoms with Gasteiger partial charge >= 0.3 is 11.9 Å². The minimum absolute atomic E-state index is 0.0218. The van der Waals surface area contributed by atoms with E-state index in [9.17, 15) is 9.59 Å². The molecule has 0 aliphatic carbocycles. The van der Waals surface area contributed by atoms with Gasteiger partial charge in [-0.2, -0.15) is 0 Å². The molecule has 0 fully saturated rings. The number of methoxy groups -OCH3 is 1. The molecule has 7 heteroatoms. The third-order valence-corrected chi connectivity index (χ3v) is 3.11. The lowest BCUT2D eigenvalue weighted by atomic mass is 10.2. The summed E-state index contributed by atoms with van der Waals surface area (Å²) < 4.78 is 21.0. The van der Waals surface area contributed by atoms with Crippen LogP contribution in [-0.4, -0.2) is 25.7 Å². The maximum atomic E-state index is 11.7. The van der Waals surface area contributed by atoms with E-state index in [1.165, 1.54) is 19.2 Å². The fourth-order valence-corrected chi connectivity index (χ4v) is 2.02. The lowest BCUT2D eigenvalue weighted by Crippen LogP contribution is -2.04. The van der Waals surface area contributed by atoms with E-state index < -0.39 is 11.9 Å². The Bertz CT molecular complexity index is 691. The number of esters is 2. The standard InChI is InChI=1S/C15H13BrO6/c1-3-20-15(18)12-6-7-13(22-12)21-11-5-4-9(16)8-10(11)14(17)19-2/h4-8H,3H2,1-2H3. The molecule has 0 saturated heterocycles. The van der Waals surface area contributed by atoms with E-state index in [1.54, 1.807) is 25.1 Å². The van der Waals surface area contributed by atoms with Gasteiger partial charge in [0, 0.05) is 10.5 Å². The number of carbonyl (C=O) groups excluding carboxylic acids is 2. The van der Waals surface area contributed by atoms with Crippen molar-refractivity contribution in [2.24, 2.45) is 0 Å². The van der Waals surface area contributed by atoms with Crippen molar-refractivity contribution in [3.05, 3.63) is 46.1 Å². The van der Waals surface area contributed by atoms with Gasteiger partial charge in [-0.1, -0.05) is 15.9 Å². The Balaban J connectivity index is 2.24. The Morgan fingerprint density at radius 2 is 1.95 bits per heavy atom. The van der Waals surface area contributed by atoms with Crippen LogP contribution in [0.2, 0.25) is 0 Å². The Morgan fingerprint density at radius 3 is 2.64 bits per heavy atom. The minimum Gasteiger partial charge on any atom is -0.465 e. The van der Waals surface area contributed by atoms with Crippen molar-refractivity contribution in [2.75, 3.05) is 13.7 Å². The molecule has 22 heavy (non-hydrogen) atoms. The second kappa shape index (κ2) is 7.13. The Hall–Kier alpha value is -2.28. The highest BCUT2D eigenvalue weighted by Gasteiger charge is 2.17. The number of halogens is 1. The fourth-order valence-electron chi connectivity index (χ4n) is 1.66. The van der Waals surface area contributed by atoms with E-state index in [0.717, 1.165) is 0 Å². The van der Waals surface area contributed by atoms with Crippen molar-refractivity contribution in [3.8, 4) is 11.7 Å². The van der Waals surface area contributed by atoms with Crippen molar-refractivity contribution in [1.82, 2.24) is 0 Å². The van der Waals surface area contributed by atoms with Gasteiger partial charge in [0.2, 0.25) is 5.76 Å². The molecule has 0 unspecified atom stereocenters. The third-order valence-electron chi connectivity index (χ3n) is 2.62. The molecule has 116 valence electrons. The van der Waals surface area contributed by atoms with Crippen LogP contribution in [0.15, 0.2) is 39.2 Å². The molecule has 1 aromatic carbocycles. The molecule has 0 bridgehead atoms. The van der Waals surface area contributed by atoms with E-state index in [1.807, 2.05) is 0 Å². The number of hydrogen-bond acceptors (Lipinski definition) is 6. The molecule has 6 nitrogen and oxygen atoms in total. The van der Waals surface area contributed by atoms with Gasteiger partial charge in [0.15, 0.2) is 0 Å². The summed E-state index contributed by atoms with van der Waals surface area (Å²) in [6, 6.07) is 7.76. The highest BCUT2D eigenvalue weighted by Crippen LogP contribution is 2.30. The highest BCUT2D eigenvalue weighted by molar-refractivity contribution is 9.10. The summed E-state index contributed by atoms with van der Waals surface area (Å²) in [6.07, 6.45) is 0. The molecule has 0 N–H and O–H groups in total. The van der Waals surface area contributed by atoms with Crippen LogP contribution in [-0.2, 0) is 9.47 Å². The van der Waals surface area contributed by atoms with E-state index in [-0.39, 0.29) is 29.6 Å². The predicted molar refractivity (Wildman–Crippen MR) is 80.2 cm³/mol. The van der Waals surface area contributed by atoms with E-state index in [2.05, 4.69) is 15.9 Å². The first kappa shape index (κ1) is 16.1. The fraction of sp³-hybridized carbons (Fsp3) is 0.200. The summed E-state index contributed by atoms with van der Waals surface area (Å²) in [5, 5.41) is 0. The normalized spacial score (nSPS) is 10.1. The maximum absolute atomic E-state index is 11.7. The van der Waals surface area contributed by atoms with Gasteiger partial charge in [0.05, 0.1) is 13.7 Å². The topological polar surface area (TPSA) is 75.0 Å². The molecule has 0 amide bonds. The second-order valence-corrected chi connectivity index (χ2v) is 4.99. The molecular formula is C15H13BrO6. The van der Waals surface area contributed by atoms with Crippen molar-refractivity contribution >= 4 is 27.9 Å². The average Bonchev–Trinajstić information content (AvgIpc) is 2.97. The quantitative estimate of drug-likeness (QED) is 0.747. The van der Waals surface area contributed by atoms with E-state index in [0.29, 0.717) is 4.47 Å². The van der Waals surface area contributed by atoms with Gasteiger partial charge in [0.1, 0.15) is 11.3 Å². The number of rotatable bonds is 5. The van der Waals surface area contributed by atoms with Crippen molar-refractivity contribution in [2.45, 2.75) is 6.92 Å². The zero-order valence-corrected chi connectivity index (χ0v) is 13.5. The van der Waals surface area contributed by atoms with E-state index >= 15 is 0 Å². The maximum Gasteiger partial charge on any atom is 0.374 e. The summed E-state index contributed by atoms with van der Waals surface area (Å²) >= 11 is 3.27. The molecule has 0 spiro atoms. The summed E-state index contributed by atoms with van der Waals surface area (Å²) in [6.45, 7) is 1.94. The molecular weight excluding hydrogens is 356 g/mol. The lowest BCUT2D eigenvalue weighted by Gasteiger charge is -2.08. The molecule has 0 saturated carbocycles. The summed E-state index contributed by atoms with van der Waals surface area (Å²) in [5.41, 5.74) is 0.228. The molecule has 1 aromatic heterocycles. The van der Waals surface area contributed by atoms with Crippen LogP contribution in [0.1, 0.15) is 27.8 Å². The van der Waals surface area contributed by atoms with Gasteiger partial charge in [0.25, 0.3) is 5.95 Å². The minimum atomic E-state index is -0.582. The number of hydrogen-bond donors (Lipinski definition) is 0. The molecule has 2 aromatic rings. The van der Waals surface area contributed by atoms with Crippen LogP contribution < -0.4 is 4.74 Å². The molecule has 0 aliphatic rings. The van der Waals surface area contributed by atoms with Gasteiger partial charge in [-0.3, -0.25) is 0 Å². The Labute approximate surface area is 135 Å². The molecule has 0 aliphatic heterocycles. The van der Waals surface area contributed by atoms with Crippen molar-refractivity contribution in [3.63, 3.8) is 0 Å². The Morgan fingerprint density at radius 1 is 1.18 bits per heavy atom. The molecule has 2 rings (SSSR count). The first-order chi connectivity index (χ1) is 10.5. The van der Waals surface area contributed by atoms with Crippen LogP contribution in [0.5, 0.6) is 11.7 Å². The lowest BCUT2D eigenvalue weighted by molar-refractivity contribution is 0.0483. The zero-order chi connectivity index (χ0) is 16.1. The van der Waals surface area contributed by atoms with Crippen LogP contribution in [0.25, 0.3) is 0 Å². The largest absolute Gasteiger partial charge is 0.465 e. The van der Waals surface area contributed by atoms with Gasteiger partial charge in [-0.15, -0.1) is 0 Å². The molecule has 0 atom stereocenters. The predicted octanol–water partition coefficient (Wildman–Crippen LogP) is 3.80. The number of benzene rings is 1. The van der Waals surface area contributed by atoms with Gasteiger partial charge < -0.3 is 18.6 Å². The second-order valence-electron chi connectivity index (χ2n) is 4.07. The summed E-state index contributed by atoms with van der Waals surface area (Å²) in [4.78, 5) is 23.3. The zero-order valence-electron chi connectivity index (χ0n) is 11.9.